The average molecular weight is 383 g/mol. The van der Waals surface area contributed by atoms with E-state index in [9.17, 15) is 4.79 Å². The molecule has 0 aliphatic rings. The first-order valence-corrected chi connectivity index (χ1v) is 11.7. The van der Waals surface area contributed by atoms with Crippen LogP contribution in [0, 0.1) is 0 Å². The van der Waals surface area contributed by atoms with Gasteiger partial charge in [-0.25, -0.2) is 0 Å². The number of allylic oxidation sites excluding steroid dienone is 2. The first-order chi connectivity index (χ1) is 13.3. The van der Waals surface area contributed by atoms with Gasteiger partial charge in [0.05, 0.1) is 0 Å². The van der Waals surface area contributed by atoms with Crippen molar-refractivity contribution in [1.82, 2.24) is 0 Å². The topological polar surface area (TPSA) is 57.5 Å². The van der Waals surface area contributed by atoms with Gasteiger partial charge in [-0.15, -0.1) is 0 Å². The Balaban J connectivity index is 3.07. The molecule has 0 bridgehead atoms. The van der Waals surface area contributed by atoms with E-state index in [1.807, 2.05) is 0 Å². The molecule has 27 heavy (non-hydrogen) atoms. The van der Waals surface area contributed by atoms with Gasteiger partial charge in [0, 0.05) is 13.0 Å². The molecule has 0 atom stereocenters. The maximum atomic E-state index is 10.4. The number of carboxylic acids is 1. The summed E-state index contributed by atoms with van der Waals surface area (Å²) in [5.41, 5.74) is 0. The Bertz CT molecular complexity index is 326. The van der Waals surface area contributed by atoms with Crippen LogP contribution in [0.3, 0.4) is 0 Å². The van der Waals surface area contributed by atoms with Gasteiger partial charge in [-0.2, -0.15) is 0 Å². The van der Waals surface area contributed by atoms with Gasteiger partial charge in [0.15, 0.2) is 0 Å². The Morgan fingerprint density at radius 3 is 1.22 bits per heavy atom. The fourth-order valence-electron chi connectivity index (χ4n) is 3.45. The molecular formula is C24H46O3. The van der Waals surface area contributed by atoms with Crippen molar-refractivity contribution in [3.63, 3.8) is 0 Å². The van der Waals surface area contributed by atoms with Crippen LogP contribution in [0.2, 0.25) is 0 Å². The zero-order valence-corrected chi connectivity index (χ0v) is 17.8. The summed E-state index contributed by atoms with van der Waals surface area (Å²) in [5.74, 6) is -0.660. The van der Waals surface area contributed by atoms with Crippen molar-refractivity contribution < 1.29 is 15.0 Å². The number of aliphatic carboxylic acids is 1. The molecule has 0 heterocycles. The van der Waals surface area contributed by atoms with Gasteiger partial charge in [0.1, 0.15) is 0 Å². The average Bonchev–Trinajstić information content (AvgIpc) is 2.65. The van der Waals surface area contributed by atoms with E-state index in [-0.39, 0.29) is 0 Å². The summed E-state index contributed by atoms with van der Waals surface area (Å²) in [7, 11) is 0. The third-order valence-electron chi connectivity index (χ3n) is 5.21. The largest absolute Gasteiger partial charge is 0.481 e. The quantitative estimate of drug-likeness (QED) is 0.151. The van der Waals surface area contributed by atoms with Gasteiger partial charge in [0.25, 0.3) is 0 Å². The summed E-state index contributed by atoms with van der Waals surface area (Å²) in [5, 5.41) is 17.3. The number of carboxylic acid groups (broad SMARTS) is 1. The highest BCUT2D eigenvalue weighted by atomic mass is 16.4. The molecule has 0 saturated heterocycles. The maximum Gasteiger partial charge on any atom is 0.303 e. The fourth-order valence-corrected chi connectivity index (χ4v) is 3.45. The van der Waals surface area contributed by atoms with Crippen LogP contribution in [0.25, 0.3) is 0 Å². The predicted octanol–water partition coefficient (Wildman–Crippen LogP) is 7.42. The first-order valence-electron chi connectivity index (χ1n) is 11.7. The smallest absolute Gasteiger partial charge is 0.303 e. The van der Waals surface area contributed by atoms with Crippen LogP contribution < -0.4 is 0 Å². The SMILES string of the molecule is O=C(O)CCCCCCCCCCCCC/C=C\CCCCCCCCO. The van der Waals surface area contributed by atoms with E-state index in [4.69, 9.17) is 10.2 Å². The lowest BCUT2D eigenvalue weighted by Gasteiger charge is -2.02. The number of carbonyl (C=O) groups is 1. The van der Waals surface area contributed by atoms with Gasteiger partial charge >= 0.3 is 5.97 Å². The standard InChI is InChI=1S/C24H46O3/c25-23-21-19-17-15-13-11-9-7-5-3-1-2-4-6-8-10-12-14-16-18-20-22-24(26)27/h5,7,25H,1-4,6,8-23H2,(H,26,27)/b7-5-. The Kier molecular flexibility index (Phi) is 22.5. The molecule has 0 rings (SSSR count). The summed E-state index contributed by atoms with van der Waals surface area (Å²) in [6, 6.07) is 0. The van der Waals surface area contributed by atoms with Crippen LogP contribution >= 0.6 is 0 Å². The van der Waals surface area contributed by atoms with Crippen molar-refractivity contribution in [3.8, 4) is 0 Å². The molecular weight excluding hydrogens is 336 g/mol. The maximum absolute atomic E-state index is 10.4. The zero-order valence-electron chi connectivity index (χ0n) is 17.8. The monoisotopic (exact) mass is 382 g/mol. The van der Waals surface area contributed by atoms with Crippen LogP contribution in [0.4, 0.5) is 0 Å². The van der Waals surface area contributed by atoms with Crippen molar-refractivity contribution in [2.75, 3.05) is 6.61 Å². The Morgan fingerprint density at radius 2 is 0.852 bits per heavy atom. The minimum atomic E-state index is -0.660. The highest BCUT2D eigenvalue weighted by molar-refractivity contribution is 5.66. The number of hydrogen-bond donors (Lipinski definition) is 2. The Labute approximate surface area is 168 Å². The predicted molar refractivity (Wildman–Crippen MR) is 116 cm³/mol. The van der Waals surface area contributed by atoms with E-state index < -0.39 is 5.97 Å². The second-order valence-corrected chi connectivity index (χ2v) is 7.93. The van der Waals surface area contributed by atoms with Crippen molar-refractivity contribution in [1.29, 1.82) is 0 Å². The lowest BCUT2D eigenvalue weighted by molar-refractivity contribution is -0.137. The number of rotatable bonds is 22. The summed E-state index contributed by atoms with van der Waals surface area (Å²) in [6.07, 6.45) is 28.8. The minimum Gasteiger partial charge on any atom is -0.481 e. The van der Waals surface area contributed by atoms with E-state index in [0.29, 0.717) is 13.0 Å². The van der Waals surface area contributed by atoms with Crippen molar-refractivity contribution >= 4 is 5.97 Å². The molecule has 2 N–H and O–H groups in total. The fraction of sp³-hybridized carbons (Fsp3) is 0.875. The summed E-state index contributed by atoms with van der Waals surface area (Å²) in [4.78, 5) is 10.4. The molecule has 0 unspecified atom stereocenters. The lowest BCUT2D eigenvalue weighted by atomic mass is 10.0. The minimum absolute atomic E-state index is 0.335. The van der Waals surface area contributed by atoms with Crippen LogP contribution in [-0.2, 0) is 4.79 Å². The van der Waals surface area contributed by atoms with E-state index in [1.165, 1.54) is 103 Å². The van der Waals surface area contributed by atoms with Crippen molar-refractivity contribution in [2.24, 2.45) is 0 Å². The molecule has 0 aromatic heterocycles. The van der Waals surface area contributed by atoms with E-state index in [2.05, 4.69) is 12.2 Å². The molecule has 0 aliphatic carbocycles. The Hall–Kier alpha value is -0.830. The molecule has 3 heteroatoms. The number of hydrogen-bond acceptors (Lipinski definition) is 2. The molecule has 0 fully saturated rings. The van der Waals surface area contributed by atoms with Crippen LogP contribution in [0.15, 0.2) is 12.2 Å². The van der Waals surface area contributed by atoms with Gasteiger partial charge in [-0.05, 0) is 38.5 Å². The van der Waals surface area contributed by atoms with E-state index >= 15 is 0 Å². The molecule has 0 amide bonds. The highest BCUT2D eigenvalue weighted by Crippen LogP contribution is 2.13. The van der Waals surface area contributed by atoms with E-state index in [0.717, 1.165) is 19.3 Å². The van der Waals surface area contributed by atoms with E-state index in [1.54, 1.807) is 0 Å². The lowest BCUT2D eigenvalue weighted by Crippen LogP contribution is -1.93. The molecule has 3 nitrogen and oxygen atoms in total. The molecule has 0 radical (unpaired) electrons. The molecule has 0 saturated carbocycles. The molecule has 0 aliphatic heterocycles. The summed E-state index contributed by atoms with van der Waals surface area (Å²) < 4.78 is 0. The van der Waals surface area contributed by atoms with Crippen molar-refractivity contribution in [2.45, 2.75) is 128 Å². The van der Waals surface area contributed by atoms with Gasteiger partial charge in [0.2, 0.25) is 0 Å². The number of aliphatic hydroxyl groups excluding tert-OH is 1. The van der Waals surface area contributed by atoms with Crippen molar-refractivity contribution in [3.05, 3.63) is 12.2 Å². The van der Waals surface area contributed by atoms with Gasteiger partial charge in [-0.3, -0.25) is 4.79 Å². The zero-order chi connectivity index (χ0) is 19.8. The first kappa shape index (κ1) is 26.2. The summed E-state index contributed by atoms with van der Waals surface area (Å²) >= 11 is 0. The third kappa shape index (κ3) is 25.2. The van der Waals surface area contributed by atoms with Crippen LogP contribution in [0.5, 0.6) is 0 Å². The summed E-state index contributed by atoms with van der Waals surface area (Å²) in [6.45, 7) is 0.348. The molecule has 0 aromatic carbocycles. The molecule has 0 spiro atoms. The van der Waals surface area contributed by atoms with Gasteiger partial charge < -0.3 is 10.2 Å². The molecule has 160 valence electrons. The second kappa shape index (κ2) is 23.2. The van der Waals surface area contributed by atoms with Gasteiger partial charge in [-0.1, -0.05) is 95.6 Å². The van der Waals surface area contributed by atoms with Crippen LogP contribution in [-0.4, -0.2) is 22.8 Å². The normalized spacial score (nSPS) is 11.4. The second-order valence-electron chi connectivity index (χ2n) is 7.93. The van der Waals surface area contributed by atoms with Crippen LogP contribution in [0.1, 0.15) is 128 Å². The number of unbranched alkanes of at least 4 members (excludes halogenated alkanes) is 17. The highest BCUT2D eigenvalue weighted by Gasteiger charge is 1.97. The third-order valence-corrected chi connectivity index (χ3v) is 5.21. The number of aliphatic hydroxyl groups is 1. The molecule has 0 aromatic rings. The Morgan fingerprint density at radius 1 is 0.519 bits per heavy atom.